The first-order valence-corrected chi connectivity index (χ1v) is 6.66. The SMILES string of the molecule is NCc1cccc([Si](O)c2ccccc2)c1. The van der Waals surface area contributed by atoms with Crippen LogP contribution in [0.2, 0.25) is 0 Å². The van der Waals surface area contributed by atoms with Crippen LogP contribution in [0.5, 0.6) is 0 Å². The van der Waals surface area contributed by atoms with Crippen LogP contribution in [-0.2, 0) is 6.54 Å². The van der Waals surface area contributed by atoms with Crippen molar-refractivity contribution in [3.05, 3.63) is 60.2 Å². The van der Waals surface area contributed by atoms with Gasteiger partial charge in [0.25, 0.3) is 9.04 Å². The highest BCUT2D eigenvalue weighted by atomic mass is 28.3. The van der Waals surface area contributed by atoms with Gasteiger partial charge in [0.2, 0.25) is 0 Å². The zero-order valence-corrected chi connectivity index (χ0v) is 9.93. The average molecular weight is 228 g/mol. The summed E-state index contributed by atoms with van der Waals surface area (Å²) in [6.07, 6.45) is 0. The molecule has 1 radical (unpaired) electrons. The van der Waals surface area contributed by atoms with Gasteiger partial charge in [0, 0.05) is 6.54 Å². The second-order valence-corrected chi connectivity index (χ2v) is 5.47. The van der Waals surface area contributed by atoms with E-state index >= 15 is 0 Å². The Morgan fingerprint density at radius 1 is 0.938 bits per heavy atom. The first-order chi connectivity index (χ1) is 7.81. The summed E-state index contributed by atoms with van der Waals surface area (Å²) < 4.78 is 0. The molecule has 0 saturated carbocycles. The van der Waals surface area contributed by atoms with Crippen LogP contribution in [0.3, 0.4) is 0 Å². The van der Waals surface area contributed by atoms with Crippen molar-refractivity contribution in [2.24, 2.45) is 5.73 Å². The summed E-state index contributed by atoms with van der Waals surface area (Å²) in [6, 6.07) is 17.6. The van der Waals surface area contributed by atoms with E-state index in [1.807, 2.05) is 54.6 Å². The second-order valence-electron chi connectivity index (χ2n) is 3.62. The Bertz CT molecular complexity index is 458. The molecule has 2 aromatic rings. The molecule has 0 fully saturated rings. The number of hydrogen-bond acceptors (Lipinski definition) is 2. The molecular weight excluding hydrogens is 214 g/mol. The van der Waals surface area contributed by atoms with Gasteiger partial charge in [0.15, 0.2) is 0 Å². The Kier molecular flexibility index (Phi) is 3.51. The van der Waals surface area contributed by atoms with Crippen LogP contribution >= 0.6 is 0 Å². The van der Waals surface area contributed by atoms with Crippen molar-refractivity contribution < 1.29 is 4.80 Å². The van der Waals surface area contributed by atoms with Crippen LogP contribution in [0.25, 0.3) is 0 Å². The molecule has 0 aromatic heterocycles. The Morgan fingerprint density at radius 2 is 1.62 bits per heavy atom. The molecule has 16 heavy (non-hydrogen) atoms. The molecule has 0 amide bonds. The standard InChI is InChI=1S/C13H14NOSi/c14-10-11-5-4-8-13(9-11)16(15)12-6-2-1-3-7-12/h1-9,15H,10,14H2. The van der Waals surface area contributed by atoms with Crippen molar-refractivity contribution in [3.63, 3.8) is 0 Å². The molecule has 0 bridgehead atoms. The molecule has 81 valence electrons. The van der Waals surface area contributed by atoms with Gasteiger partial charge in [-0.15, -0.1) is 0 Å². The Balaban J connectivity index is 2.30. The molecular formula is C13H14NOSi. The highest BCUT2D eigenvalue weighted by Gasteiger charge is 2.14. The molecule has 2 rings (SSSR count). The minimum atomic E-state index is -1.63. The van der Waals surface area contributed by atoms with Crippen molar-refractivity contribution in [1.82, 2.24) is 0 Å². The van der Waals surface area contributed by atoms with Crippen molar-refractivity contribution in [2.75, 3.05) is 0 Å². The number of nitrogens with two attached hydrogens (primary N) is 1. The number of rotatable bonds is 3. The van der Waals surface area contributed by atoms with Crippen molar-refractivity contribution in [2.45, 2.75) is 6.54 Å². The maximum absolute atomic E-state index is 10.3. The molecule has 0 aliphatic rings. The molecule has 2 aromatic carbocycles. The topological polar surface area (TPSA) is 46.2 Å². The maximum Gasteiger partial charge on any atom is 0.280 e. The van der Waals surface area contributed by atoms with E-state index in [1.54, 1.807) is 0 Å². The van der Waals surface area contributed by atoms with Gasteiger partial charge in [-0.1, -0.05) is 54.6 Å². The van der Waals surface area contributed by atoms with E-state index in [-0.39, 0.29) is 0 Å². The minimum Gasteiger partial charge on any atom is -0.424 e. The van der Waals surface area contributed by atoms with Gasteiger partial charge in [-0.2, -0.15) is 0 Å². The smallest absolute Gasteiger partial charge is 0.280 e. The molecule has 0 aliphatic carbocycles. The fourth-order valence-electron chi connectivity index (χ4n) is 1.61. The summed E-state index contributed by atoms with van der Waals surface area (Å²) in [5.41, 5.74) is 6.65. The van der Waals surface area contributed by atoms with Gasteiger partial charge < -0.3 is 10.5 Å². The summed E-state index contributed by atoms with van der Waals surface area (Å²) in [5.74, 6) is 0. The fourth-order valence-corrected chi connectivity index (χ4v) is 3.03. The molecule has 3 heteroatoms. The lowest BCUT2D eigenvalue weighted by molar-refractivity contribution is 0.600. The molecule has 0 unspecified atom stereocenters. The third-order valence-corrected chi connectivity index (χ3v) is 4.22. The van der Waals surface area contributed by atoms with Gasteiger partial charge >= 0.3 is 0 Å². The highest BCUT2D eigenvalue weighted by Crippen LogP contribution is 1.96. The highest BCUT2D eigenvalue weighted by molar-refractivity contribution is 6.78. The number of benzene rings is 2. The quantitative estimate of drug-likeness (QED) is 0.740. The third-order valence-electron chi connectivity index (χ3n) is 2.48. The van der Waals surface area contributed by atoms with Gasteiger partial charge in [-0.25, -0.2) is 0 Å². The van der Waals surface area contributed by atoms with E-state index in [4.69, 9.17) is 5.73 Å². The van der Waals surface area contributed by atoms with Gasteiger partial charge in [-0.05, 0) is 15.9 Å². The van der Waals surface area contributed by atoms with Crippen LogP contribution in [0.1, 0.15) is 5.56 Å². The summed E-state index contributed by atoms with van der Waals surface area (Å²) in [5, 5.41) is 1.99. The summed E-state index contributed by atoms with van der Waals surface area (Å²) >= 11 is 0. The van der Waals surface area contributed by atoms with Crippen LogP contribution in [-0.4, -0.2) is 13.8 Å². The zero-order chi connectivity index (χ0) is 11.4. The lowest BCUT2D eigenvalue weighted by Crippen LogP contribution is -2.42. The molecule has 3 N–H and O–H groups in total. The van der Waals surface area contributed by atoms with E-state index in [0.29, 0.717) is 6.54 Å². The van der Waals surface area contributed by atoms with Crippen molar-refractivity contribution >= 4 is 19.4 Å². The first-order valence-electron chi connectivity index (χ1n) is 5.22. The van der Waals surface area contributed by atoms with Crippen LogP contribution in [0.15, 0.2) is 54.6 Å². The van der Waals surface area contributed by atoms with E-state index in [0.717, 1.165) is 15.9 Å². The van der Waals surface area contributed by atoms with E-state index < -0.39 is 9.04 Å². The Morgan fingerprint density at radius 3 is 2.31 bits per heavy atom. The molecule has 2 nitrogen and oxygen atoms in total. The summed E-state index contributed by atoms with van der Waals surface area (Å²) in [4.78, 5) is 10.3. The first kappa shape index (κ1) is 11.1. The minimum absolute atomic E-state index is 0.512. The monoisotopic (exact) mass is 228 g/mol. The molecule has 0 saturated heterocycles. The zero-order valence-electron chi connectivity index (χ0n) is 8.93. The second kappa shape index (κ2) is 5.07. The Labute approximate surface area is 97.1 Å². The molecule has 0 heterocycles. The van der Waals surface area contributed by atoms with Crippen LogP contribution < -0.4 is 16.1 Å². The lowest BCUT2D eigenvalue weighted by Gasteiger charge is -2.09. The predicted molar refractivity (Wildman–Crippen MR) is 68.0 cm³/mol. The molecule has 0 atom stereocenters. The van der Waals surface area contributed by atoms with Gasteiger partial charge in [0.05, 0.1) is 0 Å². The van der Waals surface area contributed by atoms with E-state index in [2.05, 4.69) is 0 Å². The largest absolute Gasteiger partial charge is 0.424 e. The normalized spacial score (nSPS) is 10.7. The van der Waals surface area contributed by atoms with Crippen LogP contribution in [0, 0.1) is 0 Å². The lowest BCUT2D eigenvalue weighted by atomic mass is 10.2. The molecule has 0 aliphatic heterocycles. The maximum atomic E-state index is 10.3. The van der Waals surface area contributed by atoms with E-state index in [1.165, 1.54) is 0 Å². The van der Waals surface area contributed by atoms with Crippen molar-refractivity contribution in [3.8, 4) is 0 Å². The van der Waals surface area contributed by atoms with Crippen molar-refractivity contribution in [1.29, 1.82) is 0 Å². The average Bonchev–Trinajstić information content (AvgIpc) is 2.39. The predicted octanol–water partition coefficient (Wildman–Crippen LogP) is 0.243. The van der Waals surface area contributed by atoms with E-state index in [9.17, 15) is 4.80 Å². The van der Waals surface area contributed by atoms with Crippen LogP contribution in [0.4, 0.5) is 0 Å². The van der Waals surface area contributed by atoms with Gasteiger partial charge in [0.1, 0.15) is 0 Å². The summed E-state index contributed by atoms with van der Waals surface area (Å²) in [6.45, 7) is 0.512. The third kappa shape index (κ3) is 2.39. The van der Waals surface area contributed by atoms with Gasteiger partial charge in [-0.3, -0.25) is 0 Å². The fraction of sp³-hybridized carbons (Fsp3) is 0.0769. The number of hydrogen-bond donors (Lipinski definition) is 2. The summed E-state index contributed by atoms with van der Waals surface area (Å²) in [7, 11) is -1.63. The molecule has 0 spiro atoms. The Hall–Kier alpha value is -1.42.